The number of benzene rings is 2. The van der Waals surface area contributed by atoms with Gasteiger partial charge in [0.1, 0.15) is 25.1 Å². The molecule has 1 saturated heterocycles. The fourth-order valence-electron chi connectivity index (χ4n) is 3.68. The Bertz CT molecular complexity index is 1300. The minimum atomic E-state index is -0.455. The number of amides is 1. The van der Waals surface area contributed by atoms with Crippen LogP contribution in [0.3, 0.4) is 0 Å². The second-order valence-electron chi connectivity index (χ2n) is 8.64. The lowest BCUT2D eigenvalue weighted by Gasteiger charge is -2.17. The number of rotatable bonds is 9. The number of aliphatic imine (C=N–C) groups is 1. The van der Waals surface area contributed by atoms with E-state index >= 15 is 0 Å². The zero-order chi connectivity index (χ0) is 25.7. The van der Waals surface area contributed by atoms with Crippen molar-refractivity contribution in [2.45, 2.75) is 27.3 Å². The van der Waals surface area contributed by atoms with Crippen LogP contribution < -0.4 is 4.74 Å². The molecule has 1 fully saturated rings. The van der Waals surface area contributed by atoms with Crippen LogP contribution in [0.4, 0.5) is 11.5 Å². The van der Waals surface area contributed by atoms with Crippen LogP contribution in [0.5, 0.6) is 5.75 Å². The van der Waals surface area contributed by atoms with Crippen molar-refractivity contribution in [2.75, 3.05) is 13.2 Å². The molecule has 36 heavy (non-hydrogen) atoms. The summed E-state index contributed by atoms with van der Waals surface area (Å²) in [5.74, 6) is 1.39. The van der Waals surface area contributed by atoms with Gasteiger partial charge in [-0.2, -0.15) is 0 Å². The molecule has 1 aromatic heterocycles. The molecule has 0 atom stereocenters. The number of thioether (sulfide) groups is 1. The topological polar surface area (TPSA) is 103 Å². The number of aryl methyl sites for hydroxylation is 1. The third-order valence-corrected chi connectivity index (χ3v) is 6.41. The molecule has 1 aliphatic heterocycles. The molecule has 10 heteroatoms. The Morgan fingerprint density at radius 2 is 1.89 bits per heavy atom. The van der Waals surface area contributed by atoms with Gasteiger partial charge in [-0.15, -0.1) is 0 Å². The lowest BCUT2D eigenvalue weighted by molar-refractivity contribution is -0.392. The smallest absolute Gasteiger partial charge is 0.342 e. The lowest BCUT2D eigenvalue weighted by atomic mass is 10.2. The average Bonchev–Trinajstić information content (AvgIpc) is 3.35. The van der Waals surface area contributed by atoms with Crippen LogP contribution in [0.15, 0.2) is 70.7 Å². The van der Waals surface area contributed by atoms with Gasteiger partial charge in [-0.3, -0.25) is 9.69 Å². The molecule has 0 saturated carbocycles. The third-order valence-electron chi connectivity index (χ3n) is 5.40. The molecule has 2 aromatic carbocycles. The van der Waals surface area contributed by atoms with E-state index in [1.54, 1.807) is 11.8 Å². The van der Waals surface area contributed by atoms with Crippen LogP contribution in [0.2, 0.25) is 0 Å². The zero-order valence-electron chi connectivity index (χ0n) is 20.3. The van der Waals surface area contributed by atoms with E-state index in [1.165, 1.54) is 22.5 Å². The number of carbonyl (C=O) groups is 1. The Kier molecular flexibility index (Phi) is 7.84. The maximum atomic E-state index is 13.1. The Labute approximate surface area is 213 Å². The van der Waals surface area contributed by atoms with E-state index in [2.05, 4.69) is 18.8 Å². The van der Waals surface area contributed by atoms with Crippen molar-refractivity contribution in [3.8, 4) is 5.75 Å². The van der Waals surface area contributed by atoms with Gasteiger partial charge in [-0.25, -0.2) is 14.5 Å². The van der Waals surface area contributed by atoms with Crippen molar-refractivity contribution in [3.05, 3.63) is 87.2 Å². The highest BCUT2D eigenvalue weighted by Crippen LogP contribution is 2.34. The quantitative estimate of drug-likeness (QED) is 0.218. The van der Waals surface area contributed by atoms with E-state index in [9.17, 15) is 14.9 Å². The van der Waals surface area contributed by atoms with Gasteiger partial charge in [0, 0.05) is 13.5 Å². The molecule has 3 aromatic rings. The van der Waals surface area contributed by atoms with Crippen molar-refractivity contribution in [2.24, 2.45) is 10.9 Å². The van der Waals surface area contributed by atoms with Gasteiger partial charge >= 0.3 is 5.82 Å². The highest BCUT2D eigenvalue weighted by molar-refractivity contribution is 8.18. The first-order chi connectivity index (χ1) is 17.3. The predicted molar refractivity (Wildman–Crippen MR) is 141 cm³/mol. The van der Waals surface area contributed by atoms with Crippen LogP contribution in [0.25, 0.3) is 6.08 Å². The molecule has 1 amide bonds. The van der Waals surface area contributed by atoms with Crippen molar-refractivity contribution >= 4 is 40.4 Å². The summed E-state index contributed by atoms with van der Waals surface area (Å²) in [4.78, 5) is 34.9. The molecule has 1 aliphatic rings. The molecule has 0 spiro atoms. The standard InChI is InChI=1S/C26H27N5O4S/c1-18(2)17-30-25(32)23(36-26(30)28-21-7-5-4-6-8-21)15-20-9-11-22(12-10-20)35-14-13-29-19(3)27-16-24(29)31(33)34/h4-12,15-16,18H,13-14,17H2,1-3H3/b23-15-,28-26?. The summed E-state index contributed by atoms with van der Waals surface area (Å²) in [6, 6.07) is 17.0. The number of aromatic nitrogens is 2. The molecule has 2 heterocycles. The number of ether oxygens (including phenoxy) is 1. The van der Waals surface area contributed by atoms with Crippen LogP contribution in [0, 0.1) is 23.0 Å². The second kappa shape index (κ2) is 11.2. The van der Waals surface area contributed by atoms with E-state index < -0.39 is 4.92 Å². The second-order valence-corrected chi connectivity index (χ2v) is 9.65. The van der Waals surface area contributed by atoms with Gasteiger partial charge in [0.2, 0.25) is 0 Å². The molecule has 9 nitrogen and oxygen atoms in total. The van der Waals surface area contributed by atoms with Crippen molar-refractivity contribution < 1.29 is 14.5 Å². The number of hydrogen-bond acceptors (Lipinski definition) is 7. The monoisotopic (exact) mass is 505 g/mol. The summed E-state index contributed by atoms with van der Waals surface area (Å²) in [5.41, 5.74) is 1.67. The van der Waals surface area contributed by atoms with E-state index in [0.29, 0.717) is 40.7 Å². The normalized spacial score (nSPS) is 15.9. The summed E-state index contributed by atoms with van der Waals surface area (Å²) >= 11 is 1.37. The molecular formula is C26H27N5O4S. The van der Waals surface area contributed by atoms with E-state index in [0.717, 1.165) is 11.3 Å². The molecule has 0 aliphatic carbocycles. The van der Waals surface area contributed by atoms with Gasteiger partial charge in [0.05, 0.1) is 10.6 Å². The Morgan fingerprint density at radius 1 is 1.17 bits per heavy atom. The molecule has 0 unspecified atom stereocenters. The van der Waals surface area contributed by atoms with Crippen molar-refractivity contribution in [1.82, 2.24) is 14.5 Å². The first-order valence-corrected chi connectivity index (χ1v) is 12.4. The number of carbonyl (C=O) groups excluding carboxylic acids is 1. The number of hydrogen-bond donors (Lipinski definition) is 0. The van der Waals surface area contributed by atoms with Crippen molar-refractivity contribution in [3.63, 3.8) is 0 Å². The van der Waals surface area contributed by atoms with Crippen LogP contribution in [-0.2, 0) is 11.3 Å². The summed E-state index contributed by atoms with van der Waals surface area (Å²) < 4.78 is 7.28. The average molecular weight is 506 g/mol. The molecule has 0 N–H and O–H groups in total. The maximum absolute atomic E-state index is 13.1. The SMILES string of the molecule is Cc1ncc([N+](=O)[O-])n1CCOc1ccc(/C=C2\SC(=Nc3ccccc3)N(CC(C)C)C2=O)cc1. The first-order valence-electron chi connectivity index (χ1n) is 11.6. The fraction of sp³-hybridized carbons (Fsp3) is 0.269. The first kappa shape index (κ1) is 25.2. The summed E-state index contributed by atoms with van der Waals surface area (Å²) in [5, 5.41) is 11.8. The Morgan fingerprint density at radius 3 is 2.56 bits per heavy atom. The van der Waals surface area contributed by atoms with Gasteiger partial charge in [-0.05, 0) is 58.5 Å². The number of nitrogens with zero attached hydrogens (tertiary/aromatic N) is 5. The molecule has 4 rings (SSSR count). The lowest BCUT2D eigenvalue weighted by Crippen LogP contribution is -2.32. The van der Waals surface area contributed by atoms with Crippen LogP contribution >= 0.6 is 11.8 Å². The molecular weight excluding hydrogens is 478 g/mol. The largest absolute Gasteiger partial charge is 0.489 e. The van der Waals surface area contributed by atoms with Gasteiger partial charge in [0.15, 0.2) is 11.0 Å². The number of imidazole rings is 1. The number of amidine groups is 1. The fourth-order valence-corrected chi connectivity index (χ4v) is 4.68. The van der Waals surface area contributed by atoms with E-state index in [1.807, 2.05) is 60.7 Å². The predicted octanol–water partition coefficient (Wildman–Crippen LogP) is 5.44. The van der Waals surface area contributed by atoms with Gasteiger partial charge < -0.3 is 14.9 Å². The number of nitro groups is 1. The minimum Gasteiger partial charge on any atom is -0.489 e. The Hall–Kier alpha value is -3.92. The maximum Gasteiger partial charge on any atom is 0.342 e. The zero-order valence-corrected chi connectivity index (χ0v) is 21.1. The van der Waals surface area contributed by atoms with Gasteiger partial charge in [0.25, 0.3) is 5.91 Å². The van der Waals surface area contributed by atoms with Gasteiger partial charge in [-0.1, -0.05) is 44.2 Å². The third kappa shape index (κ3) is 6.01. The Balaban J connectivity index is 1.44. The van der Waals surface area contributed by atoms with Crippen molar-refractivity contribution in [1.29, 1.82) is 0 Å². The molecule has 186 valence electrons. The minimum absolute atomic E-state index is 0.0546. The summed E-state index contributed by atoms with van der Waals surface area (Å²) in [7, 11) is 0. The summed E-state index contributed by atoms with van der Waals surface area (Å²) in [6.45, 7) is 7.03. The highest BCUT2D eigenvalue weighted by atomic mass is 32.2. The van der Waals surface area contributed by atoms with E-state index in [4.69, 9.17) is 9.73 Å². The summed E-state index contributed by atoms with van der Waals surface area (Å²) in [6.07, 6.45) is 3.11. The number of para-hydroxylation sites is 1. The molecule has 0 radical (unpaired) electrons. The van der Waals surface area contributed by atoms with Crippen LogP contribution in [0.1, 0.15) is 25.2 Å². The highest BCUT2D eigenvalue weighted by Gasteiger charge is 2.33. The molecule has 0 bridgehead atoms. The van der Waals surface area contributed by atoms with Crippen LogP contribution in [-0.4, -0.2) is 43.6 Å². The van der Waals surface area contributed by atoms with E-state index in [-0.39, 0.29) is 18.3 Å².